The molecular weight excluding hydrogens is 424 g/mol. The van der Waals surface area contributed by atoms with E-state index < -0.39 is 43.3 Å². The summed E-state index contributed by atoms with van der Waals surface area (Å²) in [5.74, 6) is -0.668. The van der Waals surface area contributed by atoms with Crippen molar-refractivity contribution in [3.8, 4) is 17.2 Å². The smallest absolute Gasteiger partial charge is 0.338 e. The van der Waals surface area contributed by atoms with Crippen LogP contribution in [0.1, 0.15) is 15.9 Å². The predicted molar refractivity (Wildman–Crippen MR) is 109 cm³/mol. The molecule has 1 saturated heterocycles. The van der Waals surface area contributed by atoms with Gasteiger partial charge in [-0.2, -0.15) is 0 Å². The van der Waals surface area contributed by atoms with Gasteiger partial charge in [0.15, 0.2) is 17.8 Å². The quantitative estimate of drug-likeness (QED) is 0.355. The van der Waals surface area contributed by atoms with E-state index in [1.165, 1.54) is 37.4 Å². The first kappa shape index (κ1) is 23.8. The van der Waals surface area contributed by atoms with Gasteiger partial charge >= 0.3 is 5.97 Å². The molecule has 0 aliphatic carbocycles. The summed E-state index contributed by atoms with van der Waals surface area (Å²) < 4.78 is 21.2. The van der Waals surface area contributed by atoms with Crippen molar-refractivity contribution in [2.24, 2.45) is 0 Å². The summed E-state index contributed by atoms with van der Waals surface area (Å²) in [5, 5.41) is 49.4. The number of benzene rings is 2. The van der Waals surface area contributed by atoms with Gasteiger partial charge in [-0.3, -0.25) is 0 Å². The van der Waals surface area contributed by atoms with E-state index in [9.17, 15) is 30.3 Å². The molecule has 0 saturated carbocycles. The number of carbonyl (C=O) groups excluding carboxylic acids is 1. The lowest BCUT2D eigenvalue weighted by atomic mass is 9.99. The monoisotopic (exact) mass is 450 g/mol. The van der Waals surface area contributed by atoms with E-state index in [1.807, 2.05) is 0 Å². The van der Waals surface area contributed by atoms with Crippen molar-refractivity contribution in [2.75, 3.05) is 20.3 Å². The van der Waals surface area contributed by atoms with Crippen LogP contribution in [0.4, 0.5) is 0 Å². The molecule has 0 aromatic heterocycles. The molecule has 0 amide bonds. The van der Waals surface area contributed by atoms with Crippen molar-refractivity contribution in [1.82, 2.24) is 0 Å². The van der Waals surface area contributed by atoms with Gasteiger partial charge in [0.1, 0.15) is 36.8 Å². The number of hydrogen-bond donors (Lipinski definition) is 5. The van der Waals surface area contributed by atoms with Crippen LogP contribution >= 0.6 is 0 Å². The zero-order valence-corrected chi connectivity index (χ0v) is 17.3. The van der Waals surface area contributed by atoms with Crippen molar-refractivity contribution >= 4 is 5.97 Å². The predicted octanol–water partition coefficient (Wildman–Crippen LogP) is 0.330. The Balaban J connectivity index is 1.56. The topological polar surface area (TPSA) is 155 Å². The molecule has 1 aliphatic rings. The maximum atomic E-state index is 12.3. The van der Waals surface area contributed by atoms with Crippen LogP contribution < -0.4 is 4.74 Å². The van der Waals surface area contributed by atoms with E-state index in [0.717, 1.165) is 5.56 Å². The number of aliphatic hydroxyl groups is 3. The molecule has 2 aromatic carbocycles. The summed E-state index contributed by atoms with van der Waals surface area (Å²) in [5.41, 5.74) is 0.982. The first-order valence-corrected chi connectivity index (χ1v) is 9.93. The third kappa shape index (κ3) is 5.67. The maximum absolute atomic E-state index is 12.3. The number of rotatable bonds is 8. The molecule has 1 fully saturated rings. The van der Waals surface area contributed by atoms with Crippen LogP contribution in [0.15, 0.2) is 42.5 Å². The Kier molecular flexibility index (Phi) is 7.89. The molecule has 1 aliphatic heterocycles. The lowest BCUT2D eigenvalue weighted by Gasteiger charge is -2.40. The molecule has 32 heavy (non-hydrogen) atoms. The maximum Gasteiger partial charge on any atom is 0.338 e. The summed E-state index contributed by atoms with van der Waals surface area (Å²) in [7, 11) is 1.34. The van der Waals surface area contributed by atoms with E-state index in [1.54, 1.807) is 12.1 Å². The molecule has 0 radical (unpaired) electrons. The second-order valence-electron chi connectivity index (χ2n) is 7.29. The van der Waals surface area contributed by atoms with Gasteiger partial charge in [0, 0.05) is 0 Å². The average molecular weight is 450 g/mol. The second-order valence-corrected chi connectivity index (χ2v) is 7.29. The fourth-order valence-electron chi connectivity index (χ4n) is 3.19. The van der Waals surface area contributed by atoms with E-state index in [2.05, 4.69) is 0 Å². The Labute approximate surface area is 184 Å². The lowest BCUT2D eigenvalue weighted by molar-refractivity contribution is -0.300. The molecule has 5 atom stereocenters. The van der Waals surface area contributed by atoms with Crippen LogP contribution in [0.25, 0.3) is 0 Å². The van der Waals surface area contributed by atoms with Crippen molar-refractivity contribution < 1.29 is 49.3 Å². The van der Waals surface area contributed by atoms with E-state index in [0.29, 0.717) is 6.42 Å². The summed E-state index contributed by atoms with van der Waals surface area (Å²) in [6.07, 6.45) is -6.52. The summed E-state index contributed by atoms with van der Waals surface area (Å²) in [6, 6.07) is 10.4. The normalized spacial score (nSPS) is 25.3. The molecule has 10 nitrogen and oxygen atoms in total. The average Bonchev–Trinajstić information content (AvgIpc) is 2.79. The molecular formula is C22H26O10. The molecule has 0 bridgehead atoms. The standard InChI is InChI=1S/C22H26O10/c1-29-16-10-13(4-7-15(16)24)21(28)31-11-17-18(25)19(26)20(27)22(32-17)30-9-8-12-2-5-14(23)6-3-12/h2-7,10,17-20,22-27H,8-9,11H2,1H3/t17-,18-,19+,20-,22-/m1/s1. The van der Waals surface area contributed by atoms with Gasteiger partial charge in [-0.05, 0) is 42.3 Å². The van der Waals surface area contributed by atoms with Gasteiger partial charge in [0.25, 0.3) is 0 Å². The molecule has 3 rings (SSSR count). The molecule has 0 spiro atoms. The van der Waals surface area contributed by atoms with Gasteiger partial charge in [0.2, 0.25) is 0 Å². The molecule has 2 aromatic rings. The van der Waals surface area contributed by atoms with E-state index >= 15 is 0 Å². The fraction of sp³-hybridized carbons (Fsp3) is 0.409. The second kappa shape index (κ2) is 10.6. The van der Waals surface area contributed by atoms with E-state index in [-0.39, 0.29) is 29.4 Å². The highest BCUT2D eigenvalue weighted by Gasteiger charge is 2.44. The molecule has 174 valence electrons. The number of aromatic hydroxyl groups is 2. The molecule has 0 unspecified atom stereocenters. The minimum atomic E-state index is -1.57. The van der Waals surface area contributed by atoms with Crippen molar-refractivity contribution in [3.05, 3.63) is 53.6 Å². The van der Waals surface area contributed by atoms with Gasteiger partial charge in [-0.1, -0.05) is 12.1 Å². The van der Waals surface area contributed by atoms with Crippen molar-refractivity contribution in [3.63, 3.8) is 0 Å². The number of aliphatic hydroxyl groups excluding tert-OH is 3. The van der Waals surface area contributed by atoms with Gasteiger partial charge in [0.05, 0.1) is 19.3 Å². The Morgan fingerprint density at radius 1 is 1.00 bits per heavy atom. The Morgan fingerprint density at radius 3 is 2.41 bits per heavy atom. The number of hydrogen-bond acceptors (Lipinski definition) is 10. The van der Waals surface area contributed by atoms with Crippen LogP contribution in [0, 0.1) is 0 Å². The van der Waals surface area contributed by atoms with Crippen LogP contribution in [0.2, 0.25) is 0 Å². The third-order valence-corrected chi connectivity index (χ3v) is 5.07. The lowest BCUT2D eigenvalue weighted by Crippen LogP contribution is -2.59. The SMILES string of the molecule is COc1cc(C(=O)OC[C@H]2O[C@@H](OCCc3ccc(O)cc3)[C@H](O)[C@@H](O)[C@@H]2O)ccc1O. The summed E-state index contributed by atoms with van der Waals surface area (Å²) in [4.78, 5) is 12.3. The first-order chi connectivity index (χ1) is 15.3. The van der Waals surface area contributed by atoms with Crippen LogP contribution in [-0.2, 0) is 20.6 Å². The van der Waals surface area contributed by atoms with Crippen molar-refractivity contribution in [1.29, 1.82) is 0 Å². The minimum absolute atomic E-state index is 0.0917. The van der Waals surface area contributed by atoms with E-state index in [4.69, 9.17) is 18.9 Å². The molecule has 5 N–H and O–H groups in total. The highest BCUT2D eigenvalue weighted by molar-refractivity contribution is 5.90. The number of carbonyl (C=O) groups is 1. The van der Waals surface area contributed by atoms with Crippen molar-refractivity contribution in [2.45, 2.75) is 37.1 Å². The fourth-order valence-corrected chi connectivity index (χ4v) is 3.19. The van der Waals surface area contributed by atoms with Crippen LogP contribution in [0.5, 0.6) is 17.2 Å². The number of methoxy groups -OCH3 is 1. The zero-order valence-electron chi connectivity index (χ0n) is 17.3. The Hall–Kier alpha value is -2.89. The molecule has 10 heteroatoms. The summed E-state index contributed by atoms with van der Waals surface area (Å²) in [6.45, 7) is -0.278. The number of phenolic OH excluding ortho intramolecular Hbond substituents is 2. The number of esters is 1. The number of ether oxygens (including phenoxy) is 4. The summed E-state index contributed by atoms with van der Waals surface area (Å²) >= 11 is 0. The minimum Gasteiger partial charge on any atom is -0.508 e. The third-order valence-electron chi connectivity index (χ3n) is 5.07. The van der Waals surface area contributed by atoms with Gasteiger partial charge < -0.3 is 44.5 Å². The zero-order chi connectivity index (χ0) is 23.3. The highest BCUT2D eigenvalue weighted by Crippen LogP contribution is 2.27. The highest BCUT2D eigenvalue weighted by atomic mass is 16.7. The first-order valence-electron chi connectivity index (χ1n) is 9.93. The number of phenols is 2. The van der Waals surface area contributed by atoms with Gasteiger partial charge in [-0.25, -0.2) is 4.79 Å². The van der Waals surface area contributed by atoms with Gasteiger partial charge in [-0.15, -0.1) is 0 Å². The molecule has 1 heterocycles. The Morgan fingerprint density at radius 2 is 1.72 bits per heavy atom. The largest absolute Gasteiger partial charge is 0.508 e. The van der Waals surface area contributed by atoms with Crippen LogP contribution in [0.3, 0.4) is 0 Å². The Bertz CT molecular complexity index is 900. The van der Waals surface area contributed by atoms with Crippen LogP contribution in [-0.4, -0.2) is 82.5 Å².